The maximum absolute atomic E-state index is 12.2. The van der Waals surface area contributed by atoms with Gasteiger partial charge in [0.15, 0.2) is 0 Å². The number of nitrogens with zero attached hydrogens (tertiary/aromatic N) is 5. The number of rotatable bonds is 2. The van der Waals surface area contributed by atoms with E-state index in [4.69, 9.17) is 4.98 Å². The Balaban J connectivity index is 1.93. The van der Waals surface area contributed by atoms with Gasteiger partial charge in [-0.15, -0.1) is 0 Å². The summed E-state index contributed by atoms with van der Waals surface area (Å²) in [6, 6.07) is 0.200. The molecule has 2 aliphatic rings. The Bertz CT molecular complexity index is 582. The highest BCUT2D eigenvalue weighted by molar-refractivity contribution is 5.83. The van der Waals surface area contributed by atoms with Crippen molar-refractivity contribution in [2.24, 2.45) is 0 Å². The van der Waals surface area contributed by atoms with E-state index >= 15 is 0 Å². The van der Waals surface area contributed by atoms with Gasteiger partial charge in [0.1, 0.15) is 5.82 Å². The van der Waals surface area contributed by atoms with Crippen molar-refractivity contribution in [3.63, 3.8) is 0 Å². The number of anilines is 2. The van der Waals surface area contributed by atoms with Crippen LogP contribution in [-0.2, 0) is 4.79 Å². The van der Waals surface area contributed by atoms with Crippen LogP contribution in [0, 0.1) is 13.8 Å². The Kier molecular flexibility index (Phi) is 3.93. The van der Waals surface area contributed by atoms with E-state index in [1.165, 1.54) is 12.8 Å². The number of aromatic nitrogens is 2. The molecule has 2 saturated heterocycles. The van der Waals surface area contributed by atoms with Crippen molar-refractivity contribution in [3.8, 4) is 0 Å². The number of likely N-dealkylation sites (N-methyl/N-ethyl adjacent to an activating group) is 1. The maximum atomic E-state index is 12.2. The van der Waals surface area contributed by atoms with E-state index in [1.807, 2.05) is 25.8 Å². The highest BCUT2D eigenvalue weighted by atomic mass is 16.2. The third-order valence-electron chi connectivity index (χ3n) is 4.91. The van der Waals surface area contributed by atoms with Crippen LogP contribution in [0.25, 0.3) is 0 Å². The summed E-state index contributed by atoms with van der Waals surface area (Å²) in [5.74, 6) is 1.88. The Morgan fingerprint density at radius 2 is 1.77 bits per heavy atom. The molecular weight excluding hydrogens is 278 g/mol. The van der Waals surface area contributed by atoms with Gasteiger partial charge in [-0.2, -0.15) is 4.98 Å². The van der Waals surface area contributed by atoms with Crippen LogP contribution in [0.2, 0.25) is 0 Å². The summed E-state index contributed by atoms with van der Waals surface area (Å²) in [6.07, 6.45) is 2.41. The highest BCUT2D eigenvalue weighted by Crippen LogP contribution is 2.26. The number of amides is 1. The summed E-state index contributed by atoms with van der Waals surface area (Å²) in [4.78, 5) is 27.8. The van der Waals surface area contributed by atoms with E-state index in [1.54, 1.807) is 0 Å². The Morgan fingerprint density at radius 3 is 2.41 bits per heavy atom. The van der Waals surface area contributed by atoms with Gasteiger partial charge in [-0.05, 0) is 33.6 Å². The molecule has 1 aromatic heterocycles. The monoisotopic (exact) mass is 303 g/mol. The second-order valence-electron chi connectivity index (χ2n) is 6.49. The fraction of sp³-hybridized carbons (Fsp3) is 0.688. The third-order valence-corrected chi connectivity index (χ3v) is 4.91. The molecule has 6 nitrogen and oxygen atoms in total. The van der Waals surface area contributed by atoms with E-state index in [0.29, 0.717) is 6.54 Å². The fourth-order valence-electron chi connectivity index (χ4n) is 3.15. The SMILES string of the molecule is Cc1nc(N2CCCC2)nc(N2CC(=O)N(C)[C@@H](C)C2)c1C. The lowest BCUT2D eigenvalue weighted by atomic mass is 10.1. The largest absolute Gasteiger partial charge is 0.345 e. The topological polar surface area (TPSA) is 52.6 Å². The zero-order valence-electron chi connectivity index (χ0n) is 14.0. The first-order valence-electron chi connectivity index (χ1n) is 8.08. The van der Waals surface area contributed by atoms with Crippen LogP contribution in [0.3, 0.4) is 0 Å². The number of hydrogen-bond donors (Lipinski definition) is 0. The van der Waals surface area contributed by atoms with E-state index < -0.39 is 0 Å². The Morgan fingerprint density at radius 1 is 1.09 bits per heavy atom. The molecule has 2 aliphatic heterocycles. The van der Waals surface area contributed by atoms with Gasteiger partial charge in [0.2, 0.25) is 11.9 Å². The predicted molar refractivity (Wildman–Crippen MR) is 87.4 cm³/mol. The molecule has 0 unspecified atom stereocenters. The molecule has 0 saturated carbocycles. The van der Waals surface area contributed by atoms with Gasteiger partial charge in [-0.25, -0.2) is 4.98 Å². The van der Waals surface area contributed by atoms with Gasteiger partial charge in [-0.1, -0.05) is 0 Å². The van der Waals surface area contributed by atoms with Gasteiger partial charge in [0.05, 0.1) is 6.54 Å². The van der Waals surface area contributed by atoms with E-state index in [9.17, 15) is 4.79 Å². The second kappa shape index (κ2) is 5.74. The summed E-state index contributed by atoms with van der Waals surface area (Å²) in [7, 11) is 1.87. The zero-order chi connectivity index (χ0) is 15.9. The number of hydrogen-bond acceptors (Lipinski definition) is 5. The van der Waals surface area contributed by atoms with Crippen molar-refractivity contribution in [2.75, 3.05) is 43.0 Å². The van der Waals surface area contributed by atoms with Crippen LogP contribution < -0.4 is 9.80 Å². The molecule has 0 radical (unpaired) electrons. The molecule has 0 bridgehead atoms. The van der Waals surface area contributed by atoms with Crippen LogP contribution in [0.5, 0.6) is 0 Å². The quantitative estimate of drug-likeness (QED) is 0.826. The first kappa shape index (κ1) is 15.1. The van der Waals surface area contributed by atoms with Crippen molar-refractivity contribution in [2.45, 2.75) is 39.7 Å². The van der Waals surface area contributed by atoms with Gasteiger partial charge in [0.25, 0.3) is 0 Å². The molecule has 6 heteroatoms. The molecule has 0 aromatic carbocycles. The van der Waals surface area contributed by atoms with Crippen molar-refractivity contribution in [3.05, 3.63) is 11.3 Å². The molecule has 120 valence electrons. The smallest absolute Gasteiger partial charge is 0.242 e. The molecule has 0 aliphatic carbocycles. The lowest BCUT2D eigenvalue weighted by Crippen LogP contribution is -2.54. The summed E-state index contributed by atoms with van der Waals surface area (Å²) >= 11 is 0. The summed E-state index contributed by atoms with van der Waals surface area (Å²) in [5, 5.41) is 0. The average Bonchev–Trinajstić information content (AvgIpc) is 3.01. The van der Waals surface area contributed by atoms with E-state index in [0.717, 1.165) is 42.7 Å². The van der Waals surface area contributed by atoms with Crippen molar-refractivity contribution < 1.29 is 4.79 Å². The molecule has 0 N–H and O–H groups in total. The fourth-order valence-corrected chi connectivity index (χ4v) is 3.15. The molecule has 2 fully saturated rings. The minimum absolute atomic E-state index is 0.150. The molecule has 0 spiro atoms. The van der Waals surface area contributed by atoms with Crippen LogP contribution in [0.1, 0.15) is 31.0 Å². The predicted octanol–water partition coefficient (Wildman–Crippen LogP) is 1.36. The summed E-state index contributed by atoms with van der Waals surface area (Å²) in [5.41, 5.74) is 2.08. The highest BCUT2D eigenvalue weighted by Gasteiger charge is 2.29. The maximum Gasteiger partial charge on any atom is 0.242 e. The Labute approximate surface area is 132 Å². The minimum Gasteiger partial charge on any atom is -0.345 e. The molecule has 1 amide bonds. The van der Waals surface area contributed by atoms with Gasteiger partial charge in [-0.3, -0.25) is 4.79 Å². The molecule has 1 aromatic rings. The van der Waals surface area contributed by atoms with Gasteiger partial charge >= 0.3 is 0 Å². The molecule has 3 rings (SSSR count). The number of carbonyl (C=O) groups excluding carboxylic acids is 1. The minimum atomic E-state index is 0.150. The van der Waals surface area contributed by atoms with Crippen LogP contribution in [0.4, 0.5) is 11.8 Å². The average molecular weight is 303 g/mol. The van der Waals surface area contributed by atoms with Crippen LogP contribution >= 0.6 is 0 Å². The van der Waals surface area contributed by atoms with Crippen molar-refractivity contribution in [1.82, 2.24) is 14.9 Å². The zero-order valence-corrected chi connectivity index (χ0v) is 14.0. The molecule has 22 heavy (non-hydrogen) atoms. The first-order chi connectivity index (χ1) is 10.5. The standard InChI is InChI=1S/C16H25N5O/c1-11-9-21(10-14(22)19(11)4)15-12(2)13(3)17-16(18-15)20-7-5-6-8-20/h11H,5-10H2,1-4H3/t11-/m0/s1. The van der Waals surface area contributed by atoms with Gasteiger partial charge in [0, 0.05) is 44.0 Å². The molecular formula is C16H25N5O. The van der Waals surface area contributed by atoms with E-state index in [-0.39, 0.29) is 11.9 Å². The summed E-state index contributed by atoms with van der Waals surface area (Å²) in [6.45, 7) is 9.43. The third kappa shape index (κ3) is 2.62. The first-order valence-corrected chi connectivity index (χ1v) is 8.08. The van der Waals surface area contributed by atoms with Crippen LogP contribution in [-0.4, -0.2) is 60.0 Å². The van der Waals surface area contributed by atoms with Crippen LogP contribution in [0.15, 0.2) is 0 Å². The van der Waals surface area contributed by atoms with Crippen molar-refractivity contribution in [1.29, 1.82) is 0 Å². The second-order valence-corrected chi connectivity index (χ2v) is 6.49. The molecule has 3 heterocycles. The normalized spacial score (nSPS) is 22.6. The molecule has 1 atom stereocenters. The summed E-state index contributed by atoms with van der Waals surface area (Å²) < 4.78 is 0. The number of aryl methyl sites for hydroxylation is 1. The Hall–Kier alpha value is -1.85. The lowest BCUT2D eigenvalue weighted by Gasteiger charge is -2.38. The number of carbonyl (C=O) groups is 1. The van der Waals surface area contributed by atoms with Gasteiger partial charge < -0.3 is 14.7 Å². The van der Waals surface area contributed by atoms with E-state index in [2.05, 4.69) is 21.7 Å². The van der Waals surface area contributed by atoms with Crippen molar-refractivity contribution >= 4 is 17.7 Å². The number of piperazine rings is 1. The lowest BCUT2D eigenvalue weighted by molar-refractivity contribution is -0.131.